The molecule has 0 amide bonds. The van der Waals surface area contributed by atoms with Crippen molar-refractivity contribution >= 4 is 12.2 Å². The number of aromatic nitrogens is 2. The molecular weight excluding hydrogens is 218 g/mol. The first-order valence-corrected chi connectivity index (χ1v) is 4.58. The van der Waals surface area contributed by atoms with Crippen molar-refractivity contribution in [1.29, 1.82) is 0 Å². The van der Waals surface area contributed by atoms with Gasteiger partial charge in [-0.2, -0.15) is 0 Å². The standard InChI is InChI=1S/C10H6F2N2S/c11-7-3-1-6(2-4-7)9-8(12)5-13-10(15)14-9/h1-5H,(H,13,14,15). The van der Waals surface area contributed by atoms with Crippen molar-refractivity contribution in [1.82, 2.24) is 9.97 Å². The number of H-pyrrole nitrogens is 1. The third-order valence-electron chi connectivity index (χ3n) is 1.90. The van der Waals surface area contributed by atoms with Crippen LogP contribution in [0.3, 0.4) is 0 Å². The van der Waals surface area contributed by atoms with Gasteiger partial charge in [0.25, 0.3) is 0 Å². The molecular formula is C10H6F2N2S. The normalized spacial score (nSPS) is 10.3. The lowest BCUT2D eigenvalue weighted by atomic mass is 10.1. The van der Waals surface area contributed by atoms with E-state index in [-0.39, 0.29) is 16.3 Å². The predicted octanol–water partition coefficient (Wildman–Crippen LogP) is 3.08. The highest BCUT2D eigenvalue weighted by molar-refractivity contribution is 7.71. The predicted molar refractivity (Wildman–Crippen MR) is 54.8 cm³/mol. The summed E-state index contributed by atoms with van der Waals surface area (Å²) in [6.45, 7) is 0. The lowest BCUT2D eigenvalue weighted by Gasteiger charge is -2.02. The van der Waals surface area contributed by atoms with Gasteiger partial charge in [0.2, 0.25) is 0 Å². The molecule has 0 radical (unpaired) electrons. The Kier molecular flexibility index (Phi) is 2.55. The zero-order valence-electron chi connectivity index (χ0n) is 7.50. The summed E-state index contributed by atoms with van der Waals surface area (Å²) in [6.07, 6.45) is 1.04. The molecule has 5 heteroatoms. The molecule has 2 nitrogen and oxygen atoms in total. The Hall–Kier alpha value is -1.62. The minimum absolute atomic E-state index is 0.190. The third-order valence-corrected chi connectivity index (χ3v) is 2.11. The smallest absolute Gasteiger partial charge is 0.197 e. The summed E-state index contributed by atoms with van der Waals surface area (Å²) in [5, 5.41) is 0. The third kappa shape index (κ3) is 2.07. The summed E-state index contributed by atoms with van der Waals surface area (Å²) >= 11 is 4.78. The van der Waals surface area contributed by atoms with Gasteiger partial charge in [-0.3, -0.25) is 0 Å². The number of halogens is 2. The number of aromatic amines is 1. The Bertz CT molecular complexity index is 534. The van der Waals surface area contributed by atoms with E-state index in [1.807, 2.05) is 0 Å². The van der Waals surface area contributed by atoms with Crippen LogP contribution in [0.25, 0.3) is 11.3 Å². The average molecular weight is 224 g/mol. The molecule has 1 aromatic heterocycles. The SMILES string of the molecule is Fc1ccc(-c2[nH]c(=S)ncc2F)cc1. The second-order valence-electron chi connectivity index (χ2n) is 2.92. The van der Waals surface area contributed by atoms with Crippen LogP contribution in [-0.2, 0) is 0 Å². The summed E-state index contributed by atoms with van der Waals surface area (Å²) in [5.74, 6) is -0.887. The van der Waals surface area contributed by atoms with Crippen molar-refractivity contribution in [2.24, 2.45) is 0 Å². The van der Waals surface area contributed by atoms with Crippen molar-refractivity contribution in [3.05, 3.63) is 46.9 Å². The highest BCUT2D eigenvalue weighted by Gasteiger charge is 2.05. The fraction of sp³-hybridized carbons (Fsp3) is 0. The number of hydrogen-bond donors (Lipinski definition) is 1. The lowest BCUT2D eigenvalue weighted by molar-refractivity contribution is 0.615. The quantitative estimate of drug-likeness (QED) is 0.754. The Morgan fingerprint density at radius 1 is 1.13 bits per heavy atom. The molecule has 0 saturated carbocycles. The van der Waals surface area contributed by atoms with Crippen LogP contribution in [-0.4, -0.2) is 9.97 Å². The van der Waals surface area contributed by atoms with Crippen LogP contribution >= 0.6 is 12.2 Å². The van der Waals surface area contributed by atoms with Gasteiger partial charge in [-0.15, -0.1) is 0 Å². The average Bonchev–Trinajstić information content (AvgIpc) is 2.23. The van der Waals surface area contributed by atoms with Crippen LogP contribution in [0.15, 0.2) is 30.5 Å². The second kappa shape index (κ2) is 3.86. The van der Waals surface area contributed by atoms with Gasteiger partial charge in [0.15, 0.2) is 10.6 Å². The molecule has 15 heavy (non-hydrogen) atoms. The fourth-order valence-corrected chi connectivity index (χ4v) is 1.36. The first kappa shape index (κ1) is 9.92. The summed E-state index contributed by atoms with van der Waals surface area (Å²) in [5.41, 5.74) is 0.748. The summed E-state index contributed by atoms with van der Waals surface area (Å²) in [7, 11) is 0. The number of nitrogens with one attached hydrogen (secondary N) is 1. The summed E-state index contributed by atoms with van der Waals surface area (Å²) in [4.78, 5) is 6.21. The van der Waals surface area contributed by atoms with Crippen LogP contribution < -0.4 is 0 Å². The van der Waals surface area contributed by atoms with E-state index in [2.05, 4.69) is 9.97 Å². The first-order chi connectivity index (χ1) is 7.16. The van der Waals surface area contributed by atoms with E-state index in [1.54, 1.807) is 0 Å². The largest absolute Gasteiger partial charge is 0.328 e. The zero-order valence-corrected chi connectivity index (χ0v) is 8.31. The number of nitrogens with zero attached hydrogens (tertiary/aromatic N) is 1. The molecule has 0 aliphatic heterocycles. The molecule has 2 aromatic rings. The van der Waals surface area contributed by atoms with E-state index in [0.29, 0.717) is 5.56 Å². The molecule has 0 spiro atoms. The summed E-state index contributed by atoms with van der Waals surface area (Å²) in [6, 6.07) is 5.45. The molecule has 76 valence electrons. The second-order valence-corrected chi connectivity index (χ2v) is 3.30. The van der Waals surface area contributed by atoms with Gasteiger partial charge in [-0.1, -0.05) is 0 Å². The van der Waals surface area contributed by atoms with Crippen molar-refractivity contribution in [2.45, 2.75) is 0 Å². The van der Waals surface area contributed by atoms with Crippen LogP contribution in [0.4, 0.5) is 8.78 Å². The van der Waals surface area contributed by atoms with Gasteiger partial charge >= 0.3 is 0 Å². The van der Waals surface area contributed by atoms with Gasteiger partial charge in [0.05, 0.1) is 11.9 Å². The van der Waals surface area contributed by atoms with Crippen molar-refractivity contribution in [3.8, 4) is 11.3 Å². The molecule has 1 heterocycles. The van der Waals surface area contributed by atoms with Crippen molar-refractivity contribution in [3.63, 3.8) is 0 Å². The molecule has 0 aliphatic rings. The molecule has 2 rings (SSSR count). The lowest BCUT2D eigenvalue weighted by Crippen LogP contribution is -1.92. The maximum atomic E-state index is 13.3. The van der Waals surface area contributed by atoms with Crippen LogP contribution in [0.5, 0.6) is 0 Å². The van der Waals surface area contributed by atoms with E-state index < -0.39 is 5.82 Å². The van der Waals surface area contributed by atoms with Crippen LogP contribution in [0, 0.1) is 16.4 Å². The monoisotopic (exact) mass is 224 g/mol. The van der Waals surface area contributed by atoms with E-state index >= 15 is 0 Å². The zero-order chi connectivity index (χ0) is 10.8. The molecule has 0 atom stereocenters. The molecule has 0 bridgehead atoms. The maximum Gasteiger partial charge on any atom is 0.197 e. The Morgan fingerprint density at radius 3 is 2.47 bits per heavy atom. The first-order valence-electron chi connectivity index (χ1n) is 4.17. The minimum Gasteiger partial charge on any atom is -0.328 e. The molecule has 1 N–H and O–H groups in total. The van der Waals surface area contributed by atoms with E-state index in [1.165, 1.54) is 24.3 Å². The molecule has 1 aromatic carbocycles. The van der Waals surface area contributed by atoms with Gasteiger partial charge in [-0.25, -0.2) is 13.8 Å². The van der Waals surface area contributed by atoms with Crippen LogP contribution in [0.2, 0.25) is 0 Å². The van der Waals surface area contributed by atoms with Gasteiger partial charge < -0.3 is 4.98 Å². The maximum absolute atomic E-state index is 13.3. The topological polar surface area (TPSA) is 28.7 Å². The molecule has 0 unspecified atom stereocenters. The van der Waals surface area contributed by atoms with Gasteiger partial charge in [-0.05, 0) is 36.5 Å². The Balaban J connectivity index is 2.58. The van der Waals surface area contributed by atoms with Crippen molar-refractivity contribution < 1.29 is 8.78 Å². The number of hydrogen-bond acceptors (Lipinski definition) is 2. The minimum atomic E-state index is -0.518. The Labute approximate surface area is 89.6 Å². The van der Waals surface area contributed by atoms with Crippen molar-refractivity contribution in [2.75, 3.05) is 0 Å². The van der Waals surface area contributed by atoms with Gasteiger partial charge in [0.1, 0.15) is 5.82 Å². The highest BCUT2D eigenvalue weighted by Crippen LogP contribution is 2.19. The van der Waals surface area contributed by atoms with Crippen LogP contribution in [0.1, 0.15) is 0 Å². The van der Waals surface area contributed by atoms with E-state index in [9.17, 15) is 8.78 Å². The van der Waals surface area contributed by atoms with E-state index in [0.717, 1.165) is 6.20 Å². The van der Waals surface area contributed by atoms with Gasteiger partial charge in [0, 0.05) is 5.56 Å². The van der Waals surface area contributed by atoms with E-state index in [4.69, 9.17) is 12.2 Å². The highest BCUT2D eigenvalue weighted by atomic mass is 32.1. The Morgan fingerprint density at radius 2 is 1.80 bits per heavy atom. The molecule has 0 aliphatic carbocycles. The number of rotatable bonds is 1. The molecule has 0 saturated heterocycles. The molecule has 0 fully saturated rings. The fourth-order valence-electron chi connectivity index (χ4n) is 1.21. The number of benzene rings is 1. The summed E-state index contributed by atoms with van der Waals surface area (Å²) < 4.78 is 26.2.